The van der Waals surface area contributed by atoms with Crippen molar-refractivity contribution in [3.63, 3.8) is 0 Å². The Hall–Kier alpha value is -2.24. The lowest BCUT2D eigenvalue weighted by molar-refractivity contribution is -0.149. The van der Waals surface area contributed by atoms with Gasteiger partial charge in [-0.15, -0.1) is 5.10 Å². The predicted molar refractivity (Wildman–Crippen MR) is 78.7 cm³/mol. The number of aliphatic carboxylic acids is 1. The van der Waals surface area contributed by atoms with Crippen LogP contribution < -0.4 is 0 Å². The van der Waals surface area contributed by atoms with E-state index < -0.39 is 11.4 Å². The van der Waals surface area contributed by atoms with Crippen LogP contribution >= 0.6 is 0 Å². The van der Waals surface area contributed by atoms with Gasteiger partial charge in [-0.2, -0.15) is 0 Å². The molecule has 0 amide bonds. The Morgan fingerprint density at radius 1 is 1.33 bits per heavy atom. The van der Waals surface area contributed by atoms with E-state index in [-0.39, 0.29) is 6.54 Å². The highest BCUT2D eigenvalue weighted by Gasteiger charge is 2.33. The molecule has 6 nitrogen and oxygen atoms in total. The summed E-state index contributed by atoms with van der Waals surface area (Å²) >= 11 is 0. The fourth-order valence-electron chi connectivity index (χ4n) is 2.21. The number of carbonyl (C=O) groups is 1. The Labute approximate surface area is 123 Å². The second kappa shape index (κ2) is 6.03. The van der Waals surface area contributed by atoms with Crippen LogP contribution in [0, 0.1) is 5.41 Å². The third kappa shape index (κ3) is 2.94. The predicted octanol–water partition coefficient (Wildman–Crippen LogP) is 2.40. The molecule has 0 saturated heterocycles. The number of carboxylic acids is 1. The summed E-state index contributed by atoms with van der Waals surface area (Å²) in [5, 5.41) is 21.2. The van der Waals surface area contributed by atoms with Crippen LogP contribution in [-0.4, -0.2) is 31.3 Å². The van der Waals surface area contributed by atoms with Gasteiger partial charge in [0.25, 0.3) is 0 Å². The van der Waals surface area contributed by atoms with Gasteiger partial charge in [-0.3, -0.25) is 4.79 Å². The third-order valence-electron chi connectivity index (χ3n) is 3.97. The number of nitrogens with zero attached hydrogens (tertiary/aromatic N) is 4. The average molecular weight is 288 g/mol. The maximum atomic E-state index is 11.5. The van der Waals surface area contributed by atoms with Gasteiger partial charge in [0.2, 0.25) is 0 Å². The summed E-state index contributed by atoms with van der Waals surface area (Å²) in [7, 11) is 0. The Kier molecular flexibility index (Phi) is 4.35. The lowest BCUT2D eigenvalue weighted by atomic mass is 9.87. The van der Waals surface area contributed by atoms with Crippen molar-refractivity contribution in [2.45, 2.75) is 40.2 Å². The summed E-state index contributed by atoms with van der Waals surface area (Å²) in [6.07, 6.45) is 1.38. The number of rotatable bonds is 6. The van der Waals surface area contributed by atoms with Crippen LogP contribution in [0.5, 0.6) is 0 Å². The van der Waals surface area contributed by atoms with Gasteiger partial charge in [-0.05, 0) is 35.8 Å². The minimum absolute atomic E-state index is 0.249. The highest BCUT2D eigenvalue weighted by atomic mass is 16.4. The third-order valence-corrected chi connectivity index (χ3v) is 3.97. The van der Waals surface area contributed by atoms with Crippen LogP contribution in [0.3, 0.4) is 0 Å². The fourth-order valence-corrected chi connectivity index (χ4v) is 2.21. The molecular weight excluding hydrogens is 268 g/mol. The number of aryl methyl sites for hydroxylation is 1. The van der Waals surface area contributed by atoms with Gasteiger partial charge in [0.1, 0.15) is 0 Å². The van der Waals surface area contributed by atoms with Crippen molar-refractivity contribution in [3.8, 4) is 11.4 Å². The van der Waals surface area contributed by atoms with Gasteiger partial charge in [0, 0.05) is 5.56 Å². The van der Waals surface area contributed by atoms with Crippen molar-refractivity contribution in [2.75, 3.05) is 0 Å². The molecule has 0 aliphatic heterocycles. The van der Waals surface area contributed by atoms with E-state index in [9.17, 15) is 9.90 Å². The summed E-state index contributed by atoms with van der Waals surface area (Å²) in [5.41, 5.74) is 1.21. The minimum atomic E-state index is -0.884. The molecule has 1 aromatic carbocycles. The van der Waals surface area contributed by atoms with E-state index in [1.165, 1.54) is 0 Å². The Morgan fingerprint density at radius 2 is 2.05 bits per heavy atom. The molecule has 1 N–H and O–H groups in total. The van der Waals surface area contributed by atoms with Crippen LogP contribution in [0.4, 0.5) is 0 Å². The molecule has 0 saturated carbocycles. The van der Waals surface area contributed by atoms with Crippen molar-refractivity contribution in [3.05, 3.63) is 29.8 Å². The van der Waals surface area contributed by atoms with Gasteiger partial charge in [0.15, 0.2) is 5.82 Å². The molecule has 2 aromatic rings. The molecule has 0 fully saturated rings. The second-order valence-electron chi connectivity index (χ2n) is 5.39. The molecular formula is C15H20N4O2. The Bertz CT molecular complexity index is 638. The van der Waals surface area contributed by atoms with Crippen molar-refractivity contribution in [1.29, 1.82) is 0 Å². The zero-order valence-electron chi connectivity index (χ0n) is 12.6. The lowest BCUT2D eigenvalue weighted by Crippen LogP contribution is -2.32. The molecule has 2 rings (SSSR count). The van der Waals surface area contributed by atoms with Crippen molar-refractivity contribution in [1.82, 2.24) is 20.2 Å². The highest BCUT2D eigenvalue weighted by molar-refractivity contribution is 5.74. The molecule has 1 heterocycles. The second-order valence-corrected chi connectivity index (χ2v) is 5.39. The van der Waals surface area contributed by atoms with E-state index in [0.29, 0.717) is 12.2 Å². The molecule has 6 heteroatoms. The van der Waals surface area contributed by atoms with Gasteiger partial charge in [-0.25, -0.2) is 4.68 Å². The van der Waals surface area contributed by atoms with Gasteiger partial charge in [0.05, 0.1) is 12.0 Å². The lowest BCUT2D eigenvalue weighted by Gasteiger charge is -2.23. The Balaban J connectivity index is 2.42. The molecule has 0 aliphatic rings. The van der Waals surface area contributed by atoms with E-state index in [1.807, 2.05) is 31.2 Å². The SMILES string of the molecule is CCc1ccccc1-c1nnnn1CC(C)(CC)C(=O)O. The van der Waals surface area contributed by atoms with Gasteiger partial charge < -0.3 is 5.11 Å². The first-order valence-electron chi connectivity index (χ1n) is 7.09. The average Bonchev–Trinajstić information content (AvgIpc) is 2.94. The first kappa shape index (κ1) is 15.2. The molecule has 112 valence electrons. The van der Waals surface area contributed by atoms with Crippen LogP contribution in [-0.2, 0) is 17.8 Å². The van der Waals surface area contributed by atoms with Crippen LogP contribution in [0.15, 0.2) is 24.3 Å². The molecule has 21 heavy (non-hydrogen) atoms. The number of aromatic nitrogens is 4. The zero-order chi connectivity index (χ0) is 15.5. The number of hydrogen-bond acceptors (Lipinski definition) is 4. The molecule has 1 atom stereocenters. The molecule has 1 unspecified atom stereocenters. The molecule has 0 aliphatic carbocycles. The Morgan fingerprint density at radius 3 is 2.67 bits per heavy atom. The summed E-state index contributed by atoms with van der Waals surface area (Å²) in [5.74, 6) is -0.219. The number of carboxylic acid groups (broad SMARTS) is 1. The van der Waals surface area contributed by atoms with Crippen LogP contribution in [0.2, 0.25) is 0 Å². The van der Waals surface area contributed by atoms with E-state index in [0.717, 1.165) is 17.5 Å². The first-order valence-corrected chi connectivity index (χ1v) is 7.09. The first-order chi connectivity index (χ1) is 10.0. The summed E-state index contributed by atoms with van der Waals surface area (Å²) in [6, 6.07) is 7.91. The standard InChI is InChI=1S/C15H20N4O2/c1-4-11-8-6-7-9-12(11)13-16-17-18-19(13)10-15(3,5-2)14(20)21/h6-9H,4-5,10H2,1-3H3,(H,20,21). The fraction of sp³-hybridized carbons (Fsp3) is 0.467. The number of tetrazole rings is 1. The topological polar surface area (TPSA) is 80.9 Å². The van der Waals surface area contributed by atoms with E-state index in [4.69, 9.17) is 0 Å². The van der Waals surface area contributed by atoms with Crippen molar-refractivity contribution < 1.29 is 9.90 Å². The normalized spacial score (nSPS) is 13.9. The van der Waals surface area contributed by atoms with Crippen molar-refractivity contribution in [2.24, 2.45) is 5.41 Å². The van der Waals surface area contributed by atoms with Crippen LogP contribution in [0.1, 0.15) is 32.8 Å². The smallest absolute Gasteiger partial charge is 0.311 e. The summed E-state index contributed by atoms with van der Waals surface area (Å²) < 4.78 is 1.59. The quantitative estimate of drug-likeness (QED) is 0.882. The van der Waals surface area contributed by atoms with E-state index >= 15 is 0 Å². The molecule has 0 bridgehead atoms. The largest absolute Gasteiger partial charge is 0.481 e. The maximum absolute atomic E-state index is 11.5. The van der Waals surface area contributed by atoms with Crippen molar-refractivity contribution >= 4 is 5.97 Å². The summed E-state index contributed by atoms with van der Waals surface area (Å²) in [6.45, 7) is 5.89. The van der Waals surface area contributed by atoms with Gasteiger partial charge >= 0.3 is 5.97 Å². The summed E-state index contributed by atoms with van der Waals surface area (Å²) in [4.78, 5) is 11.5. The minimum Gasteiger partial charge on any atom is -0.481 e. The monoisotopic (exact) mass is 288 g/mol. The highest BCUT2D eigenvalue weighted by Crippen LogP contribution is 2.27. The maximum Gasteiger partial charge on any atom is 0.311 e. The molecule has 0 spiro atoms. The zero-order valence-corrected chi connectivity index (χ0v) is 12.6. The molecule has 1 aromatic heterocycles. The molecule has 0 radical (unpaired) electrons. The van der Waals surface area contributed by atoms with Crippen LogP contribution in [0.25, 0.3) is 11.4 Å². The van der Waals surface area contributed by atoms with Gasteiger partial charge in [-0.1, -0.05) is 38.1 Å². The number of hydrogen-bond donors (Lipinski definition) is 1. The van der Waals surface area contributed by atoms with E-state index in [2.05, 4.69) is 22.4 Å². The number of benzene rings is 1. The van der Waals surface area contributed by atoms with E-state index in [1.54, 1.807) is 11.6 Å².